The number of nitrogens with zero attached hydrogens (tertiary/aromatic N) is 2. The fraction of sp³-hybridized carbons (Fsp3) is 0.500. The Morgan fingerprint density at radius 2 is 2.44 bits per heavy atom. The highest BCUT2D eigenvalue weighted by Gasteiger charge is 2.28. The maximum atomic E-state index is 12.2. The van der Waals surface area contributed by atoms with Crippen LogP contribution in [0.3, 0.4) is 0 Å². The van der Waals surface area contributed by atoms with Crippen LogP contribution in [0.4, 0.5) is 0 Å². The minimum absolute atomic E-state index is 0.109. The van der Waals surface area contributed by atoms with Crippen molar-refractivity contribution < 1.29 is 4.79 Å². The van der Waals surface area contributed by atoms with Crippen LogP contribution in [0, 0.1) is 0 Å². The second-order valence-corrected chi connectivity index (χ2v) is 5.01. The third-order valence-corrected chi connectivity index (χ3v) is 3.49. The van der Waals surface area contributed by atoms with E-state index in [1.807, 2.05) is 11.0 Å². The average Bonchev–Trinajstić information content (AvgIpc) is 2.76. The number of rotatable bonds is 2. The molecule has 0 aliphatic carbocycles. The molecule has 1 aliphatic heterocycles. The summed E-state index contributed by atoms with van der Waals surface area (Å²) in [6, 6.07) is 2.24. The molecular weight excluding hydrogens is 268 g/mol. The molecule has 0 aromatic carbocycles. The summed E-state index contributed by atoms with van der Waals surface area (Å²) >= 11 is 3.34. The molecule has 2 rings (SSSR count). The maximum absolute atomic E-state index is 12.2. The molecule has 1 fully saturated rings. The van der Waals surface area contributed by atoms with Gasteiger partial charge < -0.3 is 4.90 Å². The molecule has 0 spiro atoms. The van der Waals surface area contributed by atoms with E-state index >= 15 is 0 Å². The van der Waals surface area contributed by atoms with Crippen LogP contribution in [-0.4, -0.2) is 28.4 Å². The van der Waals surface area contributed by atoms with E-state index in [0.29, 0.717) is 11.6 Å². The Morgan fingerprint density at radius 1 is 1.62 bits per heavy atom. The van der Waals surface area contributed by atoms with Crippen LogP contribution in [0.15, 0.2) is 22.9 Å². The number of pyridine rings is 1. The van der Waals surface area contributed by atoms with Crippen molar-refractivity contribution in [3.63, 3.8) is 0 Å². The summed E-state index contributed by atoms with van der Waals surface area (Å²) < 4.78 is 0.852. The molecule has 0 radical (unpaired) electrons. The largest absolute Gasteiger partial charge is 0.336 e. The predicted molar refractivity (Wildman–Crippen MR) is 66.3 cm³/mol. The molecule has 1 unspecified atom stereocenters. The molecule has 1 aromatic rings. The van der Waals surface area contributed by atoms with Gasteiger partial charge in [-0.25, -0.2) is 0 Å². The Labute approximate surface area is 104 Å². The number of carbonyl (C=O) groups excluding carboxylic acids is 1. The number of aromatic nitrogens is 1. The van der Waals surface area contributed by atoms with Gasteiger partial charge in [0.15, 0.2) is 0 Å². The van der Waals surface area contributed by atoms with Crippen LogP contribution in [-0.2, 0) is 0 Å². The van der Waals surface area contributed by atoms with Crippen molar-refractivity contribution in [2.45, 2.75) is 32.2 Å². The number of halogens is 1. The summed E-state index contributed by atoms with van der Waals surface area (Å²) in [5, 5.41) is 0. The van der Waals surface area contributed by atoms with Gasteiger partial charge in [-0.1, -0.05) is 6.92 Å². The number of hydrogen-bond donors (Lipinski definition) is 0. The smallest absolute Gasteiger partial charge is 0.255 e. The quantitative estimate of drug-likeness (QED) is 0.836. The molecule has 0 saturated carbocycles. The standard InChI is InChI=1S/C12H15BrN2O/c1-2-11-4-3-5-15(11)12(16)9-6-10(13)8-14-7-9/h6-8,11H,2-5H2,1H3. The van der Waals surface area contributed by atoms with Crippen LogP contribution < -0.4 is 0 Å². The van der Waals surface area contributed by atoms with Gasteiger partial charge in [-0.3, -0.25) is 9.78 Å². The van der Waals surface area contributed by atoms with Crippen molar-refractivity contribution in [2.24, 2.45) is 0 Å². The van der Waals surface area contributed by atoms with Crippen LogP contribution >= 0.6 is 15.9 Å². The highest BCUT2D eigenvalue weighted by atomic mass is 79.9. The van der Waals surface area contributed by atoms with Gasteiger partial charge in [0.05, 0.1) is 5.56 Å². The zero-order chi connectivity index (χ0) is 11.5. The Kier molecular flexibility index (Phi) is 3.59. The van der Waals surface area contributed by atoms with Crippen molar-refractivity contribution in [3.05, 3.63) is 28.5 Å². The van der Waals surface area contributed by atoms with Gasteiger partial charge in [-0.15, -0.1) is 0 Å². The van der Waals surface area contributed by atoms with E-state index < -0.39 is 0 Å². The fourth-order valence-corrected chi connectivity index (χ4v) is 2.59. The highest BCUT2D eigenvalue weighted by molar-refractivity contribution is 9.10. The van der Waals surface area contributed by atoms with Gasteiger partial charge >= 0.3 is 0 Å². The first-order valence-corrected chi connectivity index (χ1v) is 6.43. The summed E-state index contributed by atoms with van der Waals surface area (Å²) in [6.45, 7) is 3.01. The molecule has 3 nitrogen and oxygen atoms in total. The molecule has 0 N–H and O–H groups in total. The fourth-order valence-electron chi connectivity index (χ4n) is 2.22. The average molecular weight is 283 g/mol. The Hall–Kier alpha value is -0.900. The molecular formula is C12H15BrN2O. The lowest BCUT2D eigenvalue weighted by Crippen LogP contribution is -2.35. The number of likely N-dealkylation sites (tertiary alicyclic amines) is 1. The molecule has 4 heteroatoms. The van der Waals surface area contributed by atoms with Crippen molar-refractivity contribution in [1.29, 1.82) is 0 Å². The van der Waals surface area contributed by atoms with E-state index in [1.165, 1.54) is 0 Å². The molecule has 1 aliphatic rings. The summed E-state index contributed by atoms with van der Waals surface area (Å²) in [7, 11) is 0. The normalized spacial score (nSPS) is 20.1. The molecule has 86 valence electrons. The van der Waals surface area contributed by atoms with Crippen molar-refractivity contribution in [1.82, 2.24) is 9.88 Å². The van der Waals surface area contributed by atoms with Crippen molar-refractivity contribution >= 4 is 21.8 Å². The van der Waals surface area contributed by atoms with E-state index in [2.05, 4.69) is 27.8 Å². The molecule has 0 bridgehead atoms. The molecule has 1 aromatic heterocycles. The van der Waals surface area contributed by atoms with Gasteiger partial charge in [-0.2, -0.15) is 0 Å². The predicted octanol–water partition coefficient (Wildman–Crippen LogP) is 2.86. The van der Waals surface area contributed by atoms with Crippen molar-refractivity contribution in [3.8, 4) is 0 Å². The van der Waals surface area contributed by atoms with E-state index in [1.54, 1.807) is 12.4 Å². The highest BCUT2D eigenvalue weighted by Crippen LogP contribution is 2.22. The minimum atomic E-state index is 0.109. The lowest BCUT2D eigenvalue weighted by molar-refractivity contribution is 0.0733. The molecule has 16 heavy (non-hydrogen) atoms. The summed E-state index contributed by atoms with van der Waals surface area (Å²) in [4.78, 5) is 18.2. The van der Waals surface area contributed by atoms with Crippen LogP contribution in [0.1, 0.15) is 36.5 Å². The minimum Gasteiger partial charge on any atom is -0.336 e. The van der Waals surface area contributed by atoms with Crippen LogP contribution in [0.2, 0.25) is 0 Å². The number of hydrogen-bond acceptors (Lipinski definition) is 2. The topological polar surface area (TPSA) is 33.2 Å². The lowest BCUT2D eigenvalue weighted by Gasteiger charge is -2.23. The first-order valence-electron chi connectivity index (χ1n) is 5.64. The third kappa shape index (κ3) is 2.26. The molecule has 1 atom stereocenters. The Bertz CT molecular complexity index is 394. The third-order valence-electron chi connectivity index (χ3n) is 3.06. The second-order valence-electron chi connectivity index (χ2n) is 4.09. The number of carbonyl (C=O) groups is 1. The maximum Gasteiger partial charge on any atom is 0.255 e. The van der Waals surface area contributed by atoms with Gasteiger partial charge in [-0.05, 0) is 41.3 Å². The van der Waals surface area contributed by atoms with E-state index in [0.717, 1.165) is 30.3 Å². The Morgan fingerprint density at radius 3 is 3.12 bits per heavy atom. The summed E-state index contributed by atoms with van der Waals surface area (Å²) in [5.74, 6) is 0.109. The zero-order valence-corrected chi connectivity index (χ0v) is 10.9. The summed E-state index contributed by atoms with van der Waals surface area (Å²) in [6.07, 6.45) is 6.61. The molecule has 2 heterocycles. The first kappa shape index (κ1) is 11.6. The second kappa shape index (κ2) is 4.95. The SMILES string of the molecule is CCC1CCCN1C(=O)c1cncc(Br)c1. The molecule has 1 saturated heterocycles. The van der Waals surface area contributed by atoms with Crippen LogP contribution in [0.5, 0.6) is 0 Å². The summed E-state index contributed by atoms with van der Waals surface area (Å²) in [5.41, 5.74) is 0.676. The lowest BCUT2D eigenvalue weighted by atomic mass is 10.1. The molecule has 1 amide bonds. The first-order chi connectivity index (χ1) is 7.72. The Balaban J connectivity index is 2.18. The monoisotopic (exact) mass is 282 g/mol. The van der Waals surface area contributed by atoms with Crippen molar-refractivity contribution in [2.75, 3.05) is 6.54 Å². The van der Waals surface area contributed by atoms with Gasteiger partial charge in [0.2, 0.25) is 0 Å². The number of amides is 1. The van der Waals surface area contributed by atoms with Crippen LogP contribution in [0.25, 0.3) is 0 Å². The van der Waals surface area contributed by atoms with Gasteiger partial charge in [0.25, 0.3) is 5.91 Å². The zero-order valence-electron chi connectivity index (χ0n) is 9.32. The van der Waals surface area contributed by atoms with E-state index in [9.17, 15) is 4.79 Å². The van der Waals surface area contributed by atoms with E-state index in [4.69, 9.17) is 0 Å². The van der Waals surface area contributed by atoms with Gasteiger partial charge in [0.1, 0.15) is 0 Å². The van der Waals surface area contributed by atoms with Gasteiger partial charge in [0, 0.05) is 29.5 Å². The van der Waals surface area contributed by atoms with E-state index in [-0.39, 0.29) is 5.91 Å².